The number of aromatic nitrogens is 2. The molecule has 0 bridgehead atoms. The van der Waals surface area contributed by atoms with Gasteiger partial charge in [0, 0.05) is 0 Å². The topological polar surface area (TPSA) is 90.4 Å². The first-order chi connectivity index (χ1) is 13.9. The molecular weight excluding hydrogens is 434 g/mol. The van der Waals surface area contributed by atoms with E-state index in [0.717, 1.165) is 0 Å². The van der Waals surface area contributed by atoms with Gasteiger partial charge >= 0.3 is 5.97 Å². The van der Waals surface area contributed by atoms with Crippen molar-refractivity contribution in [2.75, 3.05) is 6.61 Å². The molecule has 7 nitrogen and oxygen atoms in total. The van der Waals surface area contributed by atoms with E-state index in [4.69, 9.17) is 20.8 Å². The number of amides is 1. The second-order valence-corrected chi connectivity index (χ2v) is 16.2. The molecule has 1 amide bonds. The Bertz CT molecular complexity index is 878. The van der Waals surface area contributed by atoms with Crippen LogP contribution in [-0.2, 0) is 29.7 Å². The van der Waals surface area contributed by atoms with Gasteiger partial charge < -0.3 is 14.5 Å². The molecule has 0 fully saturated rings. The predicted octanol–water partition coefficient (Wildman–Crippen LogP) is 4.49. The third kappa shape index (κ3) is 4.81. The quantitative estimate of drug-likeness (QED) is 0.388. The van der Waals surface area contributed by atoms with Gasteiger partial charge in [-0.25, -0.2) is 4.98 Å². The molecule has 0 aromatic carbocycles. The summed E-state index contributed by atoms with van der Waals surface area (Å²) in [5, 5.41) is 3.13. The standard InChI is InChI=1S/C22H36ClN3O4Si/c1-11-22(18(28)30-19(2,3)4)16-15(24-12-14(23)25-16)21(8,26-17(22)27)13-29-31(9,10)20(5,6)7/h12H,11,13H2,1-10H3,(H,26,27). The van der Waals surface area contributed by atoms with Crippen molar-refractivity contribution >= 4 is 31.8 Å². The molecule has 0 spiro atoms. The minimum absolute atomic E-state index is 0.000230. The van der Waals surface area contributed by atoms with Gasteiger partial charge in [-0.05, 0) is 52.2 Å². The Labute approximate surface area is 191 Å². The van der Waals surface area contributed by atoms with Gasteiger partial charge in [-0.3, -0.25) is 14.6 Å². The lowest BCUT2D eigenvalue weighted by Crippen LogP contribution is -2.64. The maximum absolute atomic E-state index is 13.5. The molecule has 1 aromatic heterocycles. The van der Waals surface area contributed by atoms with Crippen LogP contribution in [0.25, 0.3) is 0 Å². The summed E-state index contributed by atoms with van der Waals surface area (Å²) in [6, 6.07) is 0. The van der Waals surface area contributed by atoms with Gasteiger partial charge in [-0.1, -0.05) is 39.3 Å². The normalized spacial score (nSPS) is 24.4. The summed E-state index contributed by atoms with van der Waals surface area (Å²) in [6.07, 6.45) is 1.59. The number of nitrogens with zero attached hydrogens (tertiary/aromatic N) is 2. The molecule has 2 atom stereocenters. The maximum atomic E-state index is 13.5. The minimum atomic E-state index is -2.10. The van der Waals surface area contributed by atoms with Crippen LogP contribution in [-0.4, -0.2) is 42.4 Å². The SMILES string of the molecule is CCC1(C(=O)OC(C)(C)C)C(=O)NC(C)(CO[Si](C)(C)C(C)(C)C)c2ncc(Cl)nc21. The Balaban J connectivity index is 2.60. The number of ether oxygens (including phenoxy) is 1. The Hall–Kier alpha value is -1.51. The summed E-state index contributed by atoms with van der Waals surface area (Å²) in [6.45, 7) is 19.8. The predicted molar refractivity (Wildman–Crippen MR) is 123 cm³/mol. The Morgan fingerprint density at radius 3 is 2.26 bits per heavy atom. The van der Waals surface area contributed by atoms with Crippen LogP contribution in [0, 0.1) is 0 Å². The molecule has 174 valence electrons. The van der Waals surface area contributed by atoms with Crippen molar-refractivity contribution in [3.05, 3.63) is 22.7 Å². The Kier molecular flexibility index (Phi) is 6.74. The third-order valence-corrected chi connectivity index (χ3v) is 10.9. The number of hydrogen-bond acceptors (Lipinski definition) is 6. The largest absolute Gasteiger partial charge is 0.459 e. The van der Waals surface area contributed by atoms with Crippen LogP contribution < -0.4 is 5.32 Å². The highest BCUT2D eigenvalue weighted by Gasteiger charge is 2.58. The summed E-state index contributed by atoms with van der Waals surface area (Å²) in [4.78, 5) is 35.7. The molecule has 1 N–H and O–H groups in total. The van der Waals surface area contributed by atoms with Gasteiger partial charge in [-0.2, -0.15) is 0 Å². The van der Waals surface area contributed by atoms with Crippen molar-refractivity contribution in [3.63, 3.8) is 0 Å². The van der Waals surface area contributed by atoms with E-state index >= 15 is 0 Å². The minimum Gasteiger partial charge on any atom is -0.459 e. The molecule has 0 saturated heterocycles. The van der Waals surface area contributed by atoms with Crippen LogP contribution in [0.3, 0.4) is 0 Å². The molecule has 0 saturated carbocycles. The smallest absolute Gasteiger partial charge is 0.328 e. The number of halogens is 1. The van der Waals surface area contributed by atoms with E-state index in [1.165, 1.54) is 6.20 Å². The summed E-state index contributed by atoms with van der Waals surface area (Å²) >= 11 is 6.17. The van der Waals surface area contributed by atoms with Crippen LogP contribution in [0.5, 0.6) is 0 Å². The van der Waals surface area contributed by atoms with Crippen molar-refractivity contribution in [2.45, 2.75) is 96.5 Å². The molecular formula is C22H36ClN3O4Si. The number of fused-ring (bicyclic) bond motifs is 1. The van der Waals surface area contributed by atoms with E-state index in [2.05, 4.69) is 49.1 Å². The highest BCUT2D eigenvalue weighted by molar-refractivity contribution is 6.74. The first kappa shape index (κ1) is 25.7. The summed E-state index contributed by atoms with van der Waals surface area (Å²) in [5.74, 6) is -1.14. The van der Waals surface area contributed by atoms with Crippen LogP contribution in [0.4, 0.5) is 0 Å². The van der Waals surface area contributed by atoms with E-state index in [0.29, 0.717) is 5.69 Å². The zero-order chi connectivity index (χ0) is 24.0. The second kappa shape index (κ2) is 8.12. The fraction of sp³-hybridized carbons (Fsp3) is 0.727. The first-order valence-corrected chi connectivity index (χ1v) is 13.9. The molecule has 2 heterocycles. The number of nitrogens with one attached hydrogen (secondary N) is 1. The summed E-state index contributed by atoms with van der Waals surface area (Å²) < 4.78 is 12.1. The summed E-state index contributed by atoms with van der Waals surface area (Å²) in [7, 11) is -2.10. The van der Waals surface area contributed by atoms with Gasteiger partial charge in [0.15, 0.2) is 13.7 Å². The summed E-state index contributed by atoms with van der Waals surface area (Å²) in [5.41, 5.74) is -2.64. The molecule has 9 heteroatoms. The van der Waals surface area contributed by atoms with E-state index in [1.807, 2.05) is 6.92 Å². The molecule has 2 rings (SSSR count). The van der Waals surface area contributed by atoms with Crippen molar-refractivity contribution in [1.29, 1.82) is 0 Å². The molecule has 1 aromatic rings. The molecule has 31 heavy (non-hydrogen) atoms. The zero-order valence-corrected chi connectivity index (χ0v) is 22.2. The highest BCUT2D eigenvalue weighted by atomic mass is 35.5. The molecule has 2 unspecified atom stereocenters. The third-order valence-electron chi connectivity index (χ3n) is 6.25. The van der Waals surface area contributed by atoms with E-state index in [9.17, 15) is 9.59 Å². The molecule has 1 aliphatic heterocycles. The zero-order valence-electron chi connectivity index (χ0n) is 20.4. The average molecular weight is 470 g/mol. The number of rotatable bonds is 5. The van der Waals surface area contributed by atoms with Gasteiger partial charge in [-0.15, -0.1) is 0 Å². The fourth-order valence-corrected chi connectivity index (χ4v) is 4.48. The van der Waals surface area contributed by atoms with Crippen molar-refractivity contribution in [2.24, 2.45) is 0 Å². The number of carbonyl (C=O) groups excluding carboxylic acids is 2. The van der Waals surface area contributed by atoms with E-state index < -0.39 is 36.7 Å². The van der Waals surface area contributed by atoms with Crippen LogP contribution in [0.1, 0.15) is 73.2 Å². The first-order valence-electron chi connectivity index (χ1n) is 10.6. The number of carbonyl (C=O) groups is 2. The molecule has 1 aliphatic rings. The van der Waals surface area contributed by atoms with E-state index in [1.54, 1.807) is 27.7 Å². The van der Waals surface area contributed by atoms with Crippen molar-refractivity contribution in [3.8, 4) is 0 Å². The van der Waals surface area contributed by atoms with E-state index in [-0.39, 0.29) is 28.9 Å². The Morgan fingerprint density at radius 1 is 1.19 bits per heavy atom. The van der Waals surface area contributed by atoms with Gasteiger partial charge in [0.1, 0.15) is 16.3 Å². The van der Waals surface area contributed by atoms with Crippen LogP contribution in [0.15, 0.2) is 6.20 Å². The average Bonchev–Trinajstić information content (AvgIpc) is 2.58. The second-order valence-electron chi connectivity index (χ2n) is 11.0. The lowest BCUT2D eigenvalue weighted by Gasteiger charge is -2.45. The highest BCUT2D eigenvalue weighted by Crippen LogP contribution is 2.43. The number of hydrogen-bond donors (Lipinski definition) is 1. The Morgan fingerprint density at radius 2 is 1.77 bits per heavy atom. The van der Waals surface area contributed by atoms with Crippen LogP contribution >= 0.6 is 11.6 Å². The van der Waals surface area contributed by atoms with Crippen LogP contribution in [0.2, 0.25) is 23.3 Å². The fourth-order valence-electron chi connectivity index (χ4n) is 3.27. The van der Waals surface area contributed by atoms with Crippen molar-refractivity contribution in [1.82, 2.24) is 15.3 Å². The monoisotopic (exact) mass is 469 g/mol. The van der Waals surface area contributed by atoms with Crippen molar-refractivity contribution < 1.29 is 18.8 Å². The number of esters is 1. The lowest BCUT2D eigenvalue weighted by atomic mass is 9.72. The van der Waals surface area contributed by atoms with Gasteiger partial charge in [0.25, 0.3) is 0 Å². The maximum Gasteiger partial charge on any atom is 0.328 e. The molecule has 0 aliphatic carbocycles. The molecule has 0 radical (unpaired) electrons. The van der Waals surface area contributed by atoms with Gasteiger partial charge in [0.2, 0.25) is 5.91 Å². The van der Waals surface area contributed by atoms with Gasteiger partial charge in [0.05, 0.1) is 24.2 Å². The lowest BCUT2D eigenvalue weighted by molar-refractivity contribution is -0.167.